The van der Waals surface area contributed by atoms with E-state index in [0.29, 0.717) is 30.1 Å². The topological polar surface area (TPSA) is 84.9 Å². The summed E-state index contributed by atoms with van der Waals surface area (Å²) in [5, 5.41) is 2.63. The van der Waals surface area contributed by atoms with Crippen molar-refractivity contribution in [2.24, 2.45) is 0 Å². The van der Waals surface area contributed by atoms with Crippen LogP contribution in [0, 0.1) is 0 Å². The second kappa shape index (κ2) is 7.62. The molecule has 0 saturated carbocycles. The molecule has 1 aromatic carbocycles. The number of esters is 1. The second-order valence-corrected chi connectivity index (χ2v) is 5.22. The highest BCUT2D eigenvalue weighted by molar-refractivity contribution is 5.98. The number of carbonyl (C=O) groups excluding carboxylic acids is 3. The monoisotopic (exact) mass is 320 g/mol. The van der Waals surface area contributed by atoms with Gasteiger partial charge in [0, 0.05) is 25.6 Å². The highest BCUT2D eigenvalue weighted by Crippen LogP contribution is 2.33. The fourth-order valence-corrected chi connectivity index (χ4v) is 2.40. The Balaban J connectivity index is 2.16. The molecule has 1 aromatic rings. The second-order valence-electron chi connectivity index (χ2n) is 5.22. The number of rotatable bonds is 5. The highest BCUT2D eigenvalue weighted by Gasteiger charge is 2.23. The van der Waals surface area contributed by atoms with E-state index in [4.69, 9.17) is 4.74 Å². The van der Waals surface area contributed by atoms with Gasteiger partial charge in [0.05, 0.1) is 12.8 Å². The standard InChI is InChI=1S/C16H20N2O5/c1-11(19)23-10-15(20)17-12-6-7-14(22-2)13(9-12)18-8-4-3-5-16(18)21/h6-7,9H,3-5,8,10H2,1-2H3,(H,17,20). The number of piperidine rings is 1. The zero-order valence-corrected chi connectivity index (χ0v) is 13.3. The van der Waals surface area contributed by atoms with Crippen LogP contribution in [0.25, 0.3) is 0 Å². The van der Waals surface area contributed by atoms with Crippen LogP contribution in [0.1, 0.15) is 26.2 Å². The van der Waals surface area contributed by atoms with Gasteiger partial charge in [0.2, 0.25) is 5.91 Å². The highest BCUT2D eigenvalue weighted by atomic mass is 16.5. The van der Waals surface area contributed by atoms with Gasteiger partial charge in [-0.15, -0.1) is 0 Å². The van der Waals surface area contributed by atoms with Crippen LogP contribution in [-0.2, 0) is 19.1 Å². The summed E-state index contributed by atoms with van der Waals surface area (Å²) < 4.78 is 9.95. The molecule has 1 aliphatic rings. The lowest BCUT2D eigenvalue weighted by Crippen LogP contribution is -2.35. The van der Waals surface area contributed by atoms with Crippen LogP contribution in [-0.4, -0.2) is 38.0 Å². The first kappa shape index (κ1) is 16.8. The Kier molecular flexibility index (Phi) is 5.56. The van der Waals surface area contributed by atoms with Crippen molar-refractivity contribution in [1.82, 2.24) is 0 Å². The van der Waals surface area contributed by atoms with Gasteiger partial charge in [0.1, 0.15) is 5.75 Å². The Bertz CT molecular complexity index is 614. The summed E-state index contributed by atoms with van der Waals surface area (Å²) in [6, 6.07) is 5.05. The van der Waals surface area contributed by atoms with Gasteiger partial charge in [-0.3, -0.25) is 14.4 Å². The van der Waals surface area contributed by atoms with Gasteiger partial charge in [-0.1, -0.05) is 0 Å². The quantitative estimate of drug-likeness (QED) is 0.835. The van der Waals surface area contributed by atoms with E-state index in [9.17, 15) is 14.4 Å². The number of anilines is 2. The number of carbonyl (C=O) groups is 3. The van der Waals surface area contributed by atoms with Gasteiger partial charge < -0.3 is 19.7 Å². The number of amides is 2. The Morgan fingerprint density at radius 3 is 2.74 bits per heavy atom. The molecule has 124 valence electrons. The zero-order valence-electron chi connectivity index (χ0n) is 13.3. The summed E-state index contributed by atoms with van der Waals surface area (Å²) in [6.07, 6.45) is 2.32. The molecule has 0 bridgehead atoms. The van der Waals surface area contributed by atoms with Crippen molar-refractivity contribution >= 4 is 29.2 Å². The van der Waals surface area contributed by atoms with E-state index < -0.39 is 11.9 Å². The van der Waals surface area contributed by atoms with E-state index in [0.717, 1.165) is 12.8 Å². The van der Waals surface area contributed by atoms with Crippen molar-refractivity contribution in [2.75, 3.05) is 30.5 Å². The van der Waals surface area contributed by atoms with Crippen LogP contribution < -0.4 is 15.0 Å². The molecule has 1 fully saturated rings. The van der Waals surface area contributed by atoms with E-state index in [1.807, 2.05) is 0 Å². The lowest BCUT2D eigenvalue weighted by atomic mass is 10.1. The molecular formula is C16H20N2O5. The van der Waals surface area contributed by atoms with E-state index in [-0.39, 0.29) is 12.5 Å². The Morgan fingerprint density at radius 2 is 2.09 bits per heavy atom. The number of ether oxygens (including phenoxy) is 2. The molecular weight excluding hydrogens is 300 g/mol. The Morgan fingerprint density at radius 1 is 1.30 bits per heavy atom. The SMILES string of the molecule is COc1ccc(NC(=O)COC(C)=O)cc1N1CCCCC1=O. The van der Waals surface area contributed by atoms with Crippen molar-refractivity contribution in [2.45, 2.75) is 26.2 Å². The van der Waals surface area contributed by atoms with Crippen LogP contribution in [0.3, 0.4) is 0 Å². The third-order valence-electron chi connectivity index (χ3n) is 3.48. The maximum Gasteiger partial charge on any atom is 0.303 e. The van der Waals surface area contributed by atoms with Crippen molar-refractivity contribution in [3.63, 3.8) is 0 Å². The van der Waals surface area contributed by atoms with E-state index in [1.54, 1.807) is 23.1 Å². The van der Waals surface area contributed by atoms with Crippen LogP contribution >= 0.6 is 0 Å². The van der Waals surface area contributed by atoms with Crippen molar-refractivity contribution in [3.8, 4) is 5.75 Å². The first-order chi connectivity index (χ1) is 11.0. The molecule has 7 heteroatoms. The average Bonchev–Trinajstić information content (AvgIpc) is 2.53. The summed E-state index contributed by atoms with van der Waals surface area (Å²) in [5.41, 5.74) is 1.14. The Hall–Kier alpha value is -2.57. The molecule has 0 atom stereocenters. The number of hydrogen-bond acceptors (Lipinski definition) is 5. The molecule has 1 heterocycles. The maximum absolute atomic E-state index is 12.1. The van der Waals surface area contributed by atoms with E-state index >= 15 is 0 Å². The smallest absolute Gasteiger partial charge is 0.303 e. The van der Waals surface area contributed by atoms with Crippen LogP contribution in [0.2, 0.25) is 0 Å². The first-order valence-corrected chi connectivity index (χ1v) is 7.43. The van der Waals surface area contributed by atoms with Crippen LogP contribution in [0.5, 0.6) is 5.75 Å². The molecule has 0 aliphatic carbocycles. The lowest BCUT2D eigenvalue weighted by molar-refractivity contribution is -0.144. The minimum Gasteiger partial charge on any atom is -0.495 e. The molecule has 2 rings (SSSR count). The lowest BCUT2D eigenvalue weighted by Gasteiger charge is -2.28. The van der Waals surface area contributed by atoms with Gasteiger partial charge in [-0.05, 0) is 31.0 Å². The average molecular weight is 320 g/mol. The molecule has 2 amide bonds. The maximum atomic E-state index is 12.1. The molecule has 0 unspecified atom stereocenters. The zero-order chi connectivity index (χ0) is 16.8. The van der Waals surface area contributed by atoms with E-state index in [1.165, 1.54) is 14.0 Å². The van der Waals surface area contributed by atoms with Crippen molar-refractivity contribution in [1.29, 1.82) is 0 Å². The fourth-order valence-electron chi connectivity index (χ4n) is 2.40. The van der Waals surface area contributed by atoms with Gasteiger partial charge in [0.25, 0.3) is 5.91 Å². The summed E-state index contributed by atoms with van der Waals surface area (Å²) >= 11 is 0. The normalized spacial score (nSPS) is 14.3. The third-order valence-corrected chi connectivity index (χ3v) is 3.48. The van der Waals surface area contributed by atoms with Gasteiger partial charge in [-0.2, -0.15) is 0 Å². The van der Waals surface area contributed by atoms with Crippen LogP contribution in [0.4, 0.5) is 11.4 Å². The molecule has 23 heavy (non-hydrogen) atoms. The number of nitrogens with zero attached hydrogens (tertiary/aromatic N) is 1. The summed E-state index contributed by atoms with van der Waals surface area (Å²) in [4.78, 5) is 36.2. The molecule has 0 radical (unpaired) electrons. The molecule has 0 aromatic heterocycles. The predicted molar refractivity (Wildman–Crippen MR) is 84.5 cm³/mol. The van der Waals surface area contributed by atoms with Gasteiger partial charge >= 0.3 is 5.97 Å². The molecule has 1 aliphatic heterocycles. The minimum absolute atomic E-state index is 0.0398. The molecule has 7 nitrogen and oxygen atoms in total. The molecule has 1 N–H and O–H groups in total. The predicted octanol–water partition coefficient (Wildman–Crippen LogP) is 1.71. The minimum atomic E-state index is -0.519. The number of hydrogen-bond donors (Lipinski definition) is 1. The van der Waals surface area contributed by atoms with E-state index in [2.05, 4.69) is 10.1 Å². The molecule has 1 saturated heterocycles. The number of benzene rings is 1. The Labute approximate surface area is 134 Å². The third kappa shape index (κ3) is 4.45. The largest absolute Gasteiger partial charge is 0.495 e. The number of nitrogens with one attached hydrogen (secondary N) is 1. The van der Waals surface area contributed by atoms with Gasteiger partial charge in [0.15, 0.2) is 6.61 Å². The fraction of sp³-hybridized carbons (Fsp3) is 0.438. The summed E-state index contributed by atoms with van der Waals surface area (Å²) in [7, 11) is 1.53. The first-order valence-electron chi connectivity index (χ1n) is 7.43. The van der Waals surface area contributed by atoms with Gasteiger partial charge in [-0.25, -0.2) is 0 Å². The summed E-state index contributed by atoms with van der Waals surface area (Å²) in [5.74, 6) is -0.355. The summed E-state index contributed by atoms with van der Waals surface area (Å²) in [6.45, 7) is 1.51. The van der Waals surface area contributed by atoms with Crippen molar-refractivity contribution in [3.05, 3.63) is 18.2 Å². The number of methoxy groups -OCH3 is 1. The van der Waals surface area contributed by atoms with Crippen LogP contribution in [0.15, 0.2) is 18.2 Å². The molecule has 0 spiro atoms. The van der Waals surface area contributed by atoms with Crippen molar-refractivity contribution < 1.29 is 23.9 Å².